The number of rotatable bonds is 4. The summed E-state index contributed by atoms with van der Waals surface area (Å²) in [6.07, 6.45) is 0. The van der Waals surface area contributed by atoms with Gasteiger partial charge in [-0.1, -0.05) is 0 Å². The van der Waals surface area contributed by atoms with Crippen LogP contribution in [0.5, 0.6) is 0 Å². The maximum atomic E-state index is 11.7. The Balaban J connectivity index is 2.71. The minimum atomic E-state index is -0.968. The van der Waals surface area contributed by atoms with Gasteiger partial charge in [0.1, 0.15) is 0 Å². The second-order valence-electron chi connectivity index (χ2n) is 3.47. The molecule has 0 aromatic carbocycles. The molecule has 1 heterocycles. The second-order valence-corrected chi connectivity index (χ2v) is 6.28. The maximum Gasteiger partial charge on any atom is 0.252 e. The smallest absolute Gasteiger partial charge is 0.252 e. The quantitative estimate of drug-likeness (QED) is 0.711. The van der Waals surface area contributed by atoms with Crippen molar-refractivity contribution in [3.05, 3.63) is 19.9 Å². The SMILES string of the molecule is CC(CO)(CO)NC(=O)c1csc(I)c1. The molecule has 0 spiro atoms. The molecule has 0 saturated heterocycles. The number of thiophene rings is 1. The molecular formula is C9H12INO3S. The summed E-state index contributed by atoms with van der Waals surface area (Å²) in [7, 11) is 0. The Labute approximate surface area is 105 Å². The highest BCUT2D eigenvalue weighted by atomic mass is 127. The number of carbonyl (C=O) groups excluding carboxylic acids is 1. The first-order valence-electron chi connectivity index (χ1n) is 4.29. The molecule has 1 aromatic heterocycles. The van der Waals surface area contributed by atoms with Crippen molar-refractivity contribution >= 4 is 39.8 Å². The van der Waals surface area contributed by atoms with Gasteiger partial charge in [0.15, 0.2) is 0 Å². The van der Waals surface area contributed by atoms with Crippen LogP contribution in [0, 0.1) is 2.88 Å². The van der Waals surface area contributed by atoms with Crippen molar-refractivity contribution in [2.24, 2.45) is 0 Å². The lowest BCUT2D eigenvalue weighted by Gasteiger charge is -2.25. The second kappa shape index (κ2) is 5.24. The molecule has 0 bridgehead atoms. The van der Waals surface area contributed by atoms with Crippen molar-refractivity contribution in [2.75, 3.05) is 13.2 Å². The number of aliphatic hydroxyl groups is 2. The molecular weight excluding hydrogens is 329 g/mol. The molecule has 6 heteroatoms. The van der Waals surface area contributed by atoms with Crippen LogP contribution in [0.1, 0.15) is 17.3 Å². The van der Waals surface area contributed by atoms with Crippen LogP contribution < -0.4 is 5.32 Å². The molecule has 84 valence electrons. The van der Waals surface area contributed by atoms with Crippen molar-refractivity contribution < 1.29 is 15.0 Å². The highest BCUT2D eigenvalue weighted by Gasteiger charge is 2.25. The summed E-state index contributed by atoms with van der Waals surface area (Å²) in [4.78, 5) is 11.7. The van der Waals surface area contributed by atoms with Crippen LogP contribution in [-0.4, -0.2) is 34.9 Å². The average Bonchev–Trinajstić information content (AvgIpc) is 2.65. The van der Waals surface area contributed by atoms with Gasteiger partial charge in [0, 0.05) is 5.38 Å². The molecule has 0 aliphatic heterocycles. The normalized spacial score (nSPS) is 11.5. The average molecular weight is 341 g/mol. The van der Waals surface area contributed by atoms with Gasteiger partial charge in [0.25, 0.3) is 5.91 Å². The third-order valence-corrected chi connectivity index (χ3v) is 3.73. The van der Waals surface area contributed by atoms with Crippen LogP contribution in [0.15, 0.2) is 11.4 Å². The van der Waals surface area contributed by atoms with Crippen molar-refractivity contribution in [2.45, 2.75) is 12.5 Å². The lowest BCUT2D eigenvalue weighted by molar-refractivity contribution is 0.0724. The Morgan fingerprint density at radius 3 is 2.60 bits per heavy atom. The largest absolute Gasteiger partial charge is 0.394 e. The van der Waals surface area contributed by atoms with Gasteiger partial charge in [0.2, 0.25) is 0 Å². The van der Waals surface area contributed by atoms with Crippen molar-refractivity contribution in [1.29, 1.82) is 0 Å². The topological polar surface area (TPSA) is 69.6 Å². The molecule has 0 fully saturated rings. The van der Waals surface area contributed by atoms with Gasteiger partial charge in [-0.05, 0) is 35.6 Å². The van der Waals surface area contributed by atoms with Crippen LogP contribution in [0.25, 0.3) is 0 Å². The fraction of sp³-hybridized carbons (Fsp3) is 0.444. The van der Waals surface area contributed by atoms with Gasteiger partial charge in [0.05, 0.1) is 27.2 Å². The lowest BCUT2D eigenvalue weighted by Crippen LogP contribution is -2.51. The standard InChI is InChI=1S/C9H12INO3S/c1-9(4-12,5-13)11-8(14)6-2-7(10)15-3-6/h2-3,12-13H,4-5H2,1H3,(H,11,14). The van der Waals surface area contributed by atoms with Crippen molar-refractivity contribution in [1.82, 2.24) is 5.32 Å². The lowest BCUT2D eigenvalue weighted by atomic mass is 10.1. The number of aliphatic hydroxyl groups excluding tert-OH is 2. The van der Waals surface area contributed by atoms with Gasteiger partial charge in [-0.3, -0.25) is 4.79 Å². The Bertz CT molecular complexity index is 349. The molecule has 15 heavy (non-hydrogen) atoms. The van der Waals surface area contributed by atoms with Crippen LogP contribution >= 0.6 is 33.9 Å². The zero-order valence-corrected chi connectivity index (χ0v) is 11.1. The molecule has 0 atom stereocenters. The predicted molar refractivity (Wildman–Crippen MR) is 67.1 cm³/mol. The third kappa shape index (κ3) is 3.40. The Kier molecular flexibility index (Phi) is 4.50. The number of carbonyl (C=O) groups is 1. The zero-order valence-electron chi connectivity index (χ0n) is 8.16. The van der Waals surface area contributed by atoms with E-state index < -0.39 is 5.54 Å². The minimum Gasteiger partial charge on any atom is -0.394 e. The van der Waals surface area contributed by atoms with Gasteiger partial charge in [-0.25, -0.2) is 0 Å². The molecule has 1 amide bonds. The van der Waals surface area contributed by atoms with Crippen LogP contribution in [-0.2, 0) is 0 Å². The summed E-state index contributed by atoms with van der Waals surface area (Å²) in [5, 5.41) is 22.4. The summed E-state index contributed by atoms with van der Waals surface area (Å²) in [5.74, 6) is -0.278. The van der Waals surface area contributed by atoms with Crippen molar-refractivity contribution in [3.8, 4) is 0 Å². The molecule has 4 nitrogen and oxygen atoms in total. The van der Waals surface area contributed by atoms with Crippen LogP contribution in [0.3, 0.4) is 0 Å². The van der Waals surface area contributed by atoms with E-state index in [1.165, 1.54) is 11.3 Å². The van der Waals surface area contributed by atoms with E-state index in [0.29, 0.717) is 5.56 Å². The van der Waals surface area contributed by atoms with E-state index in [0.717, 1.165) is 2.88 Å². The number of amides is 1. The van der Waals surface area contributed by atoms with Crippen molar-refractivity contribution in [3.63, 3.8) is 0 Å². The molecule has 0 radical (unpaired) electrons. The Morgan fingerprint density at radius 2 is 2.20 bits per heavy atom. The zero-order chi connectivity index (χ0) is 11.5. The number of hydrogen-bond acceptors (Lipinski definition) is 4. The number of nitrogens with one attached hydrogen (secondary N) is 1. The number of halogens is 1. The van der Waals surface area contributed by atoms with Crippen LogP contribution in [0.2, 0.25) is 0 Å². The molecule has 0 aliphatic carbocycles. The molecule has 0 unspecified atom stereocenters. The van der Waals surface area contributed by atoms with E-state index in [9.17, 15) is 4.79 Å². The highest BCUT2D eigenvalue weighted by Crippen LogP contribution is 2.17. The molecule has 1 aromatic rings. The molecule has 0 aliphatic rings. The van der Waals surface area contributed by atoms with E-state index >= 15 is 0 Å². The third-order valence-electron chi connectivity index (χ3n) is 1.94. The van der Waals surface area contributed by atoms with E-state index in [1.54, 1.807) is 18.4 Å². The Morgan fingerprint density at radius 1 is 1.60 bits per heavy atom. The first-order valence-corrected chi connectivity index (χ1v) is 6.25. The Hall–Kier alpha value is -0.180. The summed E-state index contributed by atoms with van der Waals surface area (Å²) in [6.45, 7) is 0.995. The maximum absolute atomic E-state index is 11.7. The molecule has 0 saturated carbocycles. The summed E-state index contributed by atoms with van der Waals surface area (Å²) >= 11 is 3.60. The first-order chi connectivity index (χ1) is 7.00. The highest BCUT2D eigenvalue weighted by molar-refractivity contribution is 14.1. The molecule has 3 N–H and O–H groups in total. The first kappa shape index (κ1) is 12.9. The van der Waals surface area contributed by atoms with Gasteiger partial charge >= 0.3 is 0 Å². The fourth-order valence-electron chi connectivity index (χ4n) is 0.904. The molecule has 1 rings (SSSR count). The van der Waals surface area contributed by atoms with Gasteiger partial charge in [-0.15, -0.1) is 11.3 Å². The number of hydrogen-bond donors (Lipinski definition) is 3. The van der Waals surface area contributed by atoms with E-state index in [4.69, 9.17) is 10.2 Å². The summed E-state index contributed by atoms with van der Waals surface area (Å²) < 4.78 is 1.02. The summed E-state index contributed by atoms with van der Waals surface area (Å²) in [6, 6.07) is 1.76. The van der Waals surface area contributed by atoms with Gasteiger partial charge < -0.3 is 15.5 Å². The van der Waals surface area contributed by atoms with E-state index in [1.807, 2.05) is 0 Å². The fourth-order valence-corrected chi connectivity index (χ4v) is 2.23. The monoisotopic (exact) mass is 341 g/mol. The van der Waals surface area contributed by atoms with Crippen LogP contribution in [0.4, 0.5) is 0 Å². The van der Waals surface area contributed by atoms with Gasteiger partial charge in [-0.2, -0.15) is 0 Å². The summed E-state index contributed by atoms with van der Waals surface area (Å²) in [5.41, 5.74) is -0.415. The van der Waals surface area contributed by atoms with E-state index in [-0.39, 0.29) is 19.1 Å². The minimum absolute atomic E-state index is 0.278. The predicted octanol–water partition coefficient (Wildman–Crippen LogP) is 0.826. The van der Waals surface area contributed by atoms with E-state index in [2.05, 4.69) is 27.9 Å².